The second-order valence-electron chi connectivity index (χ2n) is 7.27. The first-order chi connectivity index (χ1) is 9.91. The Morgan fingerprint density at radius 3 is 2.38 bits per heavy atom. The predicted molar refractivity (Wildman–Crippen MR) is 88.4 cm³/mol. The van der Waals surface area contributed by atoms with Gasteiger partial charge in [0.05, 0.1) is 0 Å². The summed E-state index contributed by atoms with van der Waals surface area (Å²) in [5.41, 5.74) is 7.61. The Morgan fingerprint density at radius 1 is 1.29 bits per heavy atom. The highest BCUT2D eigenvalue weighted by atomic mass is 15.2. The number of anilines is 1. The highest BCUT2D eigenvalue weighted by Gasteiger charge is 2.29. The zero-order chi connectivity index (χ0) is 15.5. The molecule has 1 saturated carbocycles. The third-order valence-corrected chi connectivity index (χ3v) is 4.89. The number of nitrogens with two attached hydrogens (primary N) is 1. The SMILES string of the molecule is CCC(N)Cc1cnc(N(C)C2CCC(C)(C)CC2)nc1. The topological polar surface area (TPSA) is 55.0 Å². The molecule has 0 spiro atoms. The van der Waals surface area contributed by atoms with E-state index in [0.29, 0.717) is 11.5 Å². The van der Waals surface area contributed by atoms with Crippen molar-refractivity contribution in [3.8, 4) is 0 Å². The van der Waals surface area contributed by atoms with E-state index in [2.05, 4.69) is 42.7 Å². The summed E-state index contributed by atoms with van der Waals surface area (Å²) >= 11 is 0. The van der Waals surface area contributed by atoms with Crippen LogP contribution >= 0.6 is 0 Å². The van der Waals surface area contributed by atoms with E-state index in [9.17, 15) is 0 Å². The molecule has 1 atom stereocenters. The summed E-state index contributed by atoms with van der Waals surface area (Å²) in [7, 11) is 2.12. The Balaban J connectivity index is 1.95. The Kier molecular flexibility index (Phi) is 5.20. The van der Waals surface area contributed by atoms with Gasteiger partial charge in [0.25, 0.3) is 0 Å². The van der Waals surface area contributed by atoms with Gasteiger partial charge in [0.15, 0.2) is 0 Å². The molecule has 4 nitrogen and oxygen atoms in total. The zero-order valence-corrected chi connectivity index (χ0v) is 14.0. The molecular formula is C17H30N4. The minimum atomic E-state index is 0.206. The maximum Gasteiger partial charge on any atom is 0.225 e. The fourth-order valence-corrected chi connectivity index (χ4v) is 3.02. The molecule has 21 heavy (non-hydrogen) atoms. The van der Waals surface area contributed by atoms with Gasteiger partial charge in [0, 0.05) is 31.5 Å². The Hall–Kier alpha value is -1.16. The molecule has 0 aliphatic heterocycles. The van der Waals surface area contributed by atoms with Crippen molar-refractivity contribution in [1.29, 1.82) is 0 Å². The van der Waals surface area contributed by atoms with Gasteiger partial charge in [-0.1, -0.05) is 20.8 Å². The highest BCUT2D eigenvalue weighted by Crippen LogP contribution is 2.37. The second kappa shape index (κ2) is 6.73. The lowest BCUT2D eigenvalue weighted by Crippen LogP contribution is -2.38. The smallest absolute Gasteiger partial charge is 0.225 e. The lowest BCUT2D eigenvalue weighted by atomic mass is 9.75. The van der Waals surface area contributed by atoms with Crippen molar-refractivity contribution >= 4 is 5.95 Å². The van der Waals surface area contributed by atoms with Gasteiger partial charge in [-0.15, -0.1) is 0 Å². The fourth-order valence-electron chi connectivity index (χ4n) is 3.02. The van der Waals surface area contributed by atoms with Gasteiger partial charge in [0.2, 0.25) is 5.95 Å². The van der Waals surface area contributed by atoms with Crippen LogP contribution in [0.5, 0.6) is 0 Å². The van der Waals surface area contributed by atoms with Gasteiger partial charge < -0.3 is 10.6 Å². The average Bonchev–Trinajstić information content (AvgIpc) is 2.47. The van der Waals surface area contributed by atoms with Crippen LogP contribution in [0.2, 0.25) is 0 Å². The number of nitrogens with zero attached hydrogens (tertiary/aromatic N) is 3. The van der Waals surface area contributed by atoms with E-state index in [1.807, 2.05) is 12.4 Å². The van der Waals surface area contributed by atoms with Crippen molar-refractivity contribution in [2.45, 2.75) is 71.4 Å². The normalized spacial score (nSPS) is 20.2. The molecule has 1 aliphatic carbocycles. The fraction of sp³-hybridized carbons (Fsp3) is 0.765. The molecule has 0 amide bonds. The van der Waals surface area contributed by atoms with Crippen LogP contribution < -0.4 is 10.6 Å². The summed E-state index contributed by atoms with van der Waals surface area (Å²) in [6.07, 6.45) is 10.7. The van der Waals surface area contributed by atoms with E-state index in [1.165, 1.54) is 25.7 Å². The molecule has 1 aromatic rings. The van der Waals surface area contributed by atoms with E-state index in [4.69, 9.17) is 5.73 Å². The number of aromatic nitrogens is 2. The largest absolute Gasteiger partial charge is 0.341 e. The van der Waals surface area contributed by atoms with E-state index >= 15 is 0 Å². The highest BCUT2D eigenvalue weighted by molar-refractivity contribution is 5.30. The van der Waals surface area contributed by atoms with Gasteiger partial charge in [-0.25, -0.2) is 9.97 Å². The van der Waals surface area contributed by atoms with E-state index in [-0.39, 0.29) is 6.04 Å². The molecule has 4 heteroatoms. The zero-order valence-electron chi connectivity index (χ0n) is 14.0. The molecule has 1 fully saturated rings. The molecule has 0 saturated heterocycles. The minimum Gasteiger partial charge on any atom is -0.341 e. The first kappa shape index (κ1) is 16.2. The van der Waals surface area contributed by atoms with Crippen LogP contribution in [0.1, 0.15) is 58.4 Å². The predicted octanol–water partition coefficient (Wildman–Crippen LogP) is 3.16. The van der Waals surface area contributed by atoms with Crippen molar-refractivity contribution < 1.29 is 0 Å². The van der Waals surface area contributed by atoms with Crippen LogP contribution in [0.15, 0.2) is 12.4 Å². The summed E-state index contributed by atoms with van der Waals surface area (Å²) in [5.74, 6) is 0.841. The molecule has 0 radical (unpaired) electrons. The van der Waals surface area contributed by atoms with Crippen LogP contribution in [0.3, 0.4) is 0 Å². The first-order valence-electron chi connectivity index (χ1n) is 8.20. The number of rotatable bonds is 5. The van der Waals surface area contributed by atoms with Crippen molar-refractivity contribution in [2.24, 2.45) is 11.1 Å². The lowest BCUT2D eigenvalue weighted by Gasteiger charge is -2.38. The van der Waals surface area contributed by atoms with Crippen LogP contribution in [0.4, 0.5) is 5.95 Å². The number of hydrogen-bond donors (Lipinski definition) is 1. The second-order valence-corrected chi connectivity index (χ2v) is 7.27. The maximum absolute atomic E-state index is 5.98. The van der Waals surface area contributed by atoms with E-state index < -0.39 is 0 Å². The Morgan fingerprint density at radius 2 is 1.86 bits per heavy atom. The summed E-state index contributed by atoms with van der Waals surface area (Å²) < 4.78 is 0. The summed E-state index contributed by atoms with van der Waals surface area (Å²) in [6.45, 7) is 6.84. The van der Waals surface area contributed by atoms with E-state index in [1.54, 1.807) is 0 Å². The van der Waals surface area contributed by atoms with Gasteiger partial charge >= 0.3 is 0 Å². The Labute approximate surface area is 129 Å². The van der Waals surface area contributed by atoms with Gasteiger partial charge in [-0.05, 0) is 49.5 Å². The summed E-state index contributed by atoms with van der Waals surface area (Å²) in [5, 5.41) is 0. The summed E-state index contributed by atoms with van der Waals surface area (Å²) in [4.78, 5) is 11.3. The number of hydrogen-bond acceptors (Lipinski definition) is 4. The molecule has 2 N–H and O–H groups in total. The maximum atomic E-state index is 5.98. The van der Waals surface area contributed by atoms with Gasteiger partial charge in [0.1, 0.15) is 0 Å². The first-order valence-corrected chi connectivity index (χ1v) is 8.20. The third kappa shape index (κ3) is 4.40. The quantitative estimate of drug-likeness (QED) is 0.905. The van der Waals surface area contributed by atoms with Crippen molar-refractivity contribution in [3.05, 3.63) is 18.0 Å². The molecule has 1 aromatic heterocycles. The molecule has 1 aliphatic rings. The monoisotopic (exact) mass is 290 g/mol. The van der Waals surface area contributed by atoms with Crippen LogP contribution in [0.25, 0.3) is 0 Å². The van der Waals surface area contributed by atoms with E-state index in [0.717, 1.165) is 24.4 Å². The van der Waals surface area contributed by atoms with Crippen LogP contribution in [0, 0.1) is 5.41 Å². The molecule has 0 aromatic carbocycles. The molecule has 2 rings (SSSR count). The van der Waals surface area contributed by atoms with Crippen molar-refractivity contribution in [3.63, 3.8) is 0 Å². The third-order valence-electron chi connectivity index (χ3n) is 4.89. The molecular weight excluding hydrogens is 260 g/mol. The van der Waals surface area contributed by atoms with Gasteiger partial charge in [-0.2, -0.15) is 0 Å². The molecule has 1 unspecified atom stereocenters. The molecule has 1 heterocycles. The van der Waals surface area contributed by atoms with Crippen LogP contribution in [-0.4, -0.2) is 29.1 Å². The van der Waals surface area contributed by atoms with Crippen molar-refractivity contribution in [1.82, 2.24) is 9.97 Å². The summed E-state index contributed by atoms with van der Waals surface area (Å²) in [6, 6.07) is 0.777. The molecule has 0 bridgehead atoms. The van der Waals surface area contributed by atoms with Crippen LogP contribution in [-0.2, 0) is 6.42 Å². The average molecular weight is 290 g/mol. The lowest BCUT2D eigenvalue weighted by molar-refractivity contribution is 0.222. The molecule has 118 valence electrons. The van der Waals surface area contributed by atoms with Crippen molar-refractivity contribution in [2.75, 3.05) is 11.9 Å². The Bertz CT molecular complexity index is 431. The standard InChI is InChI=1S/C17H30N4/c1-5-14(18)10-13-11-19-16(20-12-13)21(4)15-6-8-17(2,3)9-7-15/h11-12,14-15H,5-10,18H2,1-4H3. The minimum absolute atomic E-state index is 0.206. The van der Waals surface area contributed by atoms with Gasteiger partial charge in [-0.3, -0.25) is 0 Å².